The average Bonchev–Trinajstić information content (AvgIpc) is 2.51. The summed E-state index contributed by atoms with van der Waals surface area (Å²) in [6.45, 7) is 0. The summed E-state index contributed by atoms with van der Waals surface area (Å²) >= 11 is 0. The zero-order chi connectivity index (χ0) is 16.7. The minimum atomic E-state index is -0.931. The van der Waals surface area contributed by atoms with Crippen LogP contribution in [0.25, 0.3) is 0 Å². The summed E-state index contributed by atoms with van der Waals surface area (Å²) in [6.07, 6.45) is 0. The molecule has 0 aliphatic heterocycles. The zero-order valence-corrected chi connectivity index (χ0v) is 11.0. The molecule has 2 rings (SSSR count). The lowest BCUT2D eigenvalue weighted by Gasteiger charge is -1.93. The number of hydrogen-bond donors (Lipinski definition) is 1. The van der Waals surface area contributed by atoms with Crippen LogP contribution in [0.15, 0.2) is 36.4 Å². The van der Waals surface area contributed by atoms with Crippen LogP contribution in [0.3, 0.4) is 0 Å². The second-order valence-corrected chi connectivity index (χ2v) is 3.88. The van der Waals surface area contributed by atoms with Gasteiger partial charge in [-0.1, -0.05) is 0 Å². The first-order valence-corrected chi connectivity index (χ1v) is 5.68. The van der Waals surface area contributed by atoms with Crippen LogP contribution in [0.5, 0.6) is 0 Å². The fraction of sp³-hybridized carbons (Fsp3) is 0. The van der Waals surface area contributed by atoms with Crippen LogP contribution in [-0.2, 0) is 0 Å². The summed E-state index contributed by atoms with van der Waals surface area (Å²) in [6, 6.07) is 10.4. The van der Waals surface area contributed by atoms with E-state index in [0.717, 1.165) is 12.1 Å². The van der Waals surface area contributed by atoms with Gasteiger partial charge in [0.2, 0.25) is 5.82 Å². The Morgan fingerprint density at radius 1 is 1.00 bits per heavy atom. The number of nitrogens with zero attached hydrogens (tertiary/aromatic N) is 3. The van der Waals surface area contributed by atoms with E-state index in [0.29, 0.717) is 5.56 Å². The lowest BCUT2D eigenvalue weighted by molar-refractivity contribution is -0.387. The Kier molecular flexibility index (Phi) is 5.50. The van der Waals surface area contributed by atoms with Gasteiger partial charge in [0, 0.05) is 6.07 Å². The SMILES string of the molecule is N#Cc1ccc(F)c(N)c1.N#Cc1ccc(F)c([N+](=O)[O-])c1. The third-order valence-electron chi connectivity index (χ3n) is 2.40. The number of hydrogen-bond acceptors (Lipinski definition) is 5. The Hall–Kier alpha value is -3.52. The fourth-order valence-electron chi connectivity index (χ4n) is 1.34. The number of nitrogen functional groups attached to an aromatic ring is 1. The van der Waals surface area contributed by atoms with Crippen LogP contribution in [0.4, 0.5) is 20.2 Å². The highest BCUT2D eigenvalue weighted by atomic mass is 19.1. The highest BCUT2D eigenvalue weighted by Gasteiger charge is 2.13. The van der Waals surface area contributed by atoms with Crippen LogP contribution >= 0.6 is 0 Å². The molecule has 0 atom stereocenters. The second kappa shape index (κ2) is 7.31. The van der Waals surface area contributed by atoms with Gasteiger partial charge in [0.15, 0.2) is 0 Å². The van der Waals surface area contributed by atoms with Gasteiger partial charge in [-0.25, -0.2) is 4.39 Å². The van der Waals surface area contributed by atoms with E-state index in [1.54, 1.807) is 6.07 Å². The third-order valence-corrected chi connectivity index (χ3v) is 2.40. The van der Waals surface area contributed by atoms with Crippen LogP contribution in [-0.4, -0.2) is 4.92 Å². The molecule has 8 heteroatoms. The molecule has 0 radical (unpaired) electrons. The van der Waals surface area contributed by atoms with Crippen molar-refractivity contribution in [3.8, 4) is 12.1 Å². The monoisotopic (exact) mass is 302 g/mol. The van der Waals surface area contributed by atoms with E-state index in [9.17, 15) is 18.9 Å². The molecule has 0 aromatic heterocycles. The van der Waals surface area contributed by atoms with Crippen molar-refractivity contribution in [3.05, 3.63) is 69.3 Å². The molecule has 2 aromatic carbocycles. The number of rotatable bonds is 1. The van der Waals surface area contributed by atoms with E-state index in [2.05, 4.69) is 0 Å². The molecule has 0 aliphatic carbocycles. The summed E-state index contributed by atoms with van der Waals surface area (Å²) in [5.74, 6) is -1.42. The Labute approximate surface area is 123 Å². The molecule has 0 saturated heterocycles. The molecule has 0 spiro atoms. The quantitative estimate of drug-likeness (QED) is 0.493. The molecule has 0 amide bonds. The molecule has 22 heavy (non-hydrogen) atoms. The number of halogens is 2. The van der Waals surface area contributed by atoms with Crippen molar-refractivity contribution in [1.82, 2.24) is 0 Å². The molecule has 2 aromatic rings. The van der Waals surface area contributed by atoms with E-state index in [4.69, 9.17) is 16.3 Å². The van der Waals surface area contributed by atoms with Gasteiger partial charge >= 0.3 is 5.69 Å². The summed E-state index contributed by atoms with van der Waals surface area (Å²) in [7, 11) is 0. The van der Waals surface area contributed by atoms with Crippen LogP contribution in [0, 0.1) is 44.4 Å². The van der Waals surface area contributed by atoms with E-state index in [1.165, 1.54) is 24.3 Å². The first-order chi connectivity index (χ1) is 10.4. The first-order valence-electron chi connectivity index (χ1n) is 5.68. The number of anilines is 1. The van der Waals surface area contributed by atoms with E-state index in [-0.39, 0.29) is 11.3 Å². The topological polar surface area (TPSA) is 117 Å². The van der Waals surface area contributed by atoms with Crippen molar-refractivity contribution in [2.24, 2.45) is 0 Å². The van der Waals surface area contributed by atoms with Crippen molar-refractivity contribution in [2.75, 3.05) is 5.73 Å². The molecule has 0 unspecified atom stereocenters. The third kappa shape index (κ3) is 4.25. The molecule has 0 bridgehead atoms. The van der Waals surface area contributed by atoms with Crippen LogP contribution in [0.1, 0.15) is 11.1 Å². The first kappa shape index (κ1) is 16.5. The van der Waals surface area contributed by atoms with Crippen molar-refractivity contribution >= 4 is 11.4 Å². The minimum absolute atomic E-state index is 0.0130. The van der Waals surface area contributed by atoms with Crippen molar-refractivity contribution in [2.45, 2.75) is 0 Å². The number of nitrogens with two attached hydrogens (primary N) is 1. The number of nitro benzene ring substituents is 1. The molecule has 0 saturated carbocycles. The second-order valence-electron chi connectivity index (χ2n) is 3.88. The Morgan fingerprint density at radius 3 is 1.95 bits per heavy atom. The molecular formula is C14H8F2N4O2. The summed E-state index contributed by atoms with van der Waals surface area (Å²) in [5.41, 5.74) is 4.96. The maximum atomic E-state index is 12.6. The predicted molar refractivity (Wildman–Crippen MR) is 73.3 cm³/mol. The summed E-state index contributed by atoms with van der Waals surface area (Å²) < 4.78 is 25.0. The van der Waals surface area contributed by atoms with Gasteiger partial charge < -0.3 is 5.73 Å². The molecule has 0 heterocycles. The van der Waals surface area contributed by atoms with Gasteiger partial charge in [-0.15, -0.1) is 0 Å². The molecule has 6 nitrogen and oxygen atoms in total. The van der Waals surface area contributed by atoms with Gasteiger partial charge in [0.05, 0.1) is 33.9 Å². The van der Waals surface area contributed by atoms with Crippen molar-refractivity contribution in [3.63, 3.8) is 0 Å². The molecule has 0 aliphatic rings. The lowest BCUT2D eigenvalue weighted by Crippen LogP contribution is -1.92. The number of benzene rings is 2. The lowest BCUT2D eigenvalue weighted by atomic mass is 10.2. The van der Waals surface area contributed by atoms with E-state index >= 15 is 0 Å². The Morgan fingerprint density at radius 2 is 1.50 bits per heavy atom. The normalized spacial score (nSPS) is 8.91. The van der Waals surface area contributed by atoms with Crippen LogP contribution in [0.2, 0.25) is 0 Å². The van der Waals surface area contributed by atoms with E-state index < -0.39 is 22.2 Å². The molecule has 110 valence electrons. The fourth-order valence-corrected chi connectivity index (χ4v) is 1.34. The molecule has 0 fully saturated rings. The predicted octanol–water partition coefficient (Wildman–Crippen LogP) is 2.89. The maximum absolute atomic E-state index is 12.6. The van der Waals surface area contributed by atoms with E-state index in [1.807, 2.05) is 6.07 Å². The summed E-state index contributed by atoms with van der Waals surface area (Å²) in [5, 5.41) is 26.8. The zero-order valence-electron chi connectivity index (χ0n) is 11.0. The van der Waals surface area contributed by atoms with Gasteiger partial charge in [0.1, 0.15) is 5.82 Å². The Bertz CT molecular complexity index is 794. The largest absolute Gasteiger partial charge is 0.396 e. The van der Waals surface area contributed by atoms with Gasteiger partial charge in [-0.05, 0) is 30.3 Å². The average molecular weight is 302 g/mol. The number of nitriles is 2. The Balaban J connectivity index is 0.000000224. The van der Waals surface area contributed by atoms with Gasteiger partial charge in [0.25, 0.3) is 0 Å². The molecule has 2 N–H and O–H groups in total. The van der Waals surface area contributed by atoms with Crippen LogP contribution < -0.4 is 5.73 Å². The highest BCUT2D eigenvalue weighted by Crippen LogP contribution is 2.17. The summed E-state index contributed by atoms with van der Waals surface area (Å²) in [4.78, 5) is 9.28. The minimum Gasteiger partial charge on any atom is -0.396 e. The smallest absolute Gasteiger partial charge is 0.306 e. The highest BCUT2D eigenvalue weighted by molar-refractivity contribution is 5.46. The molecular weight excluding hydrogens is 294 g/mol. The van der Waals surface area contributed by atoms with Gasteiger partial charge in [-0.2, -0.15) is 14.9 Å². The standard InChI is InChI=1S/C7H3FN2O2.C7H5FN2/c8-6-2-1-5(4-9)3-7(6)10(11)12;8-6-2-1-5(4-9)3-7(6)10/h1-3H;1-3H,10H2. The van der Waals surface area contributed by atoms with Crippen molar-refractivity contribution in [1.29, 1.82) is 10.5 Å². The van der Waals surface area contributed by atoms with Crippen molar-refractivity contribution < 1.29 is 13.7 Å². The van der Waals surface area contributed by atoms with Gasteiger partial charge in [-0.3, -0.25) is 10.1 Å². The number of nitro groups is 1. The maximum Gasteiger partial charge on any atom is 0.306 e.